The maximum Gasteiger partial charge on any atom is 0.0940 e. The molecule has 16 heavy (non-hydrogen) atoms. The first-order valence-corrected chi connectivity index (χ1v) is 6.18. The first-order chi connectivity index (χ1) is 7.64. The molecule has 4 nitrogen and oxygen atoms in total. The molecule has 0 bridgehead atoms. The first kappa shape index (κ1) is 13.9. The molecule has 1 saturated heterocycles. The SMILES string of the molecule is CCOCCCOCC1CNCC(C)(C)O1. The van der Waals surface area contributed by atoms with Crippen LogP contribution in [0.1, 0.15) is 27.2 Å². The second-order valence-electron chi connectivity index (χ2n) is 4.76. The van der Waals surface area contributed by atoms with E-state index in [9.17, 15) is 0 Å². The molecule has 1 aliphatic rings. The van der Waals surface area contributed by atoms with Crippen molar-refractivity contribution in [3.8, 4) is 0 Å². The molecule has 0 aliphatic carbocycles. The third-order valence-electron chi connectivity index (χ3n) is 2.49. The van der Waals surface area contributed by atoms with Gasteiger partial charge in [0.15, 0.2) is 0 Å². The van der Waals surface area contributed by atoms with Crippen molar-refractivity contribution >= 4 is 0 Å². The number of hydrogen-bond donors (Lipinski definition) is 1. The second-order valence-corrected chi connectivity index (χ2v) is 4.76. The highest BCUT2D eigenvalue weighted by Crippen LogP contribution is 2.15. The predicted molar refractivity (Wildman–Crippen MR) is 63.8 cm³/mol. The van der Waals surface area contributed by atoms with Gasteiger partial charge in [-0.3, -0.25) is 0 Å². The fraction of sp³-hybridized carbons (Fsp3) is 1.00. The van der Waals surface area contributed by atoms with Crippen LogP contribution >= 0.6 is 0 Å². The van der Waals surface area contributed by atoms with E-state index in [4.69, 9.17) is 14.2 Å². The Bertz CT molecular complexity index is 185. The summed E-state index contributed by atoms with van der Waals surface area (Å²) in [7, 11) is 0. The average molecular weight is 231 g/mol. The molecule has 0 radical (unpaired) electrons. The van der Waals surface area contributed by atoms with E-state index in [1.807, 2.05) is 6.92 Å². The van der Waals surface area contributed by atoms with Crippen LogP contribution in [0.25, 0.3) is 0 Å². The van der Waals surface area contributed by atoms with Crippen molar-refractivity contribution in [3.63, 3.8) is 0 Å². The number of nitrogens with one attached hydrogen (secondary N) is 1. The fourth-order valence-corrected chi connectivity index (χ4v) is 1.78. The van der Waals surface area contributed by atoms with Crippen LogP contribution < -0.4 is 5.32 Å². The number of hydrogen-bond acceptors (Lipinski definition) is 4. The van der Waals surface area contributed by atoms with Gasteiger partial charge in [-0.15, -0.1) is 0 Å². The maximum atomic E-state index is 5.88. The van der Waals surface area contributed by atoms with E-state index in [1.54, 1.807) is 0 Å². The molecule has 1 heterocycles. The van der Waals surface area contributed by atoms with Crippen LogP contribution in [0.4, 0.5) is 0 Å². The zero-order chi connectivity index (χ0) is 11.9. The van der Waals surface area contributed by atoms with Gasteiger partial charge in [0.2, 0.25) is 0 Å². The molecule has 0 aromatic rings. The van der Waals surface area contributed by atoms with Gasteiger partial charge in [0.1, 0.15) is 0 Å². The smallest absolute Gasteiger partial charge is 0.0940 e. The molecule has 1 unspecified atom stereocenters. The molecule has 96 valence electrons. The highest BCUT2D eigenvalue weighted by molar-refractivity contribution is 4.81. The average Bonchev–Trinajstić information content (AvgIpc) is 2.22. The standard InChI is InChI=1S/C12H25NO3/c1-4-14-6-5-7-15-9-11-8-13-10-12(2,3)16-11/h11,13H,4-10H2,1-3H3. The van der Waals surface area contributed by atoms with Gasteiger partial charge in [0.05, 0.1) is 18.3 Å². The van der Waals surface area contributed by atoms with Crippen LogP contribution in [-0.2, 0) is 14.2 Å². The lowest BCUT2D eigenvalue weighted by Gasteiger charge is -2.36. The summed E-state index contributed by atoms with van der Waals surface area (Å²) in [5.41, 5.74) is -0.0718. The topological polar surface area (TPSA) is 39.7 Å². The van der Waals surface area contributed by atoms with Gasteiger partial charge in [-0.25, -0.2) is 0 Å². The van der Waals surface area contributed by atoms with Gasteiger partial charge in [-0.2, -0.15) is 0 Å². The summed E-state index contributed by atoms with van der Waals surface area (Å²) in [4.78, 5) is 0. The zero-order valence-corrected chi connectivity index (χ0v) is 10.8. The molecule has 4 heteroatoms. The van der Waals surface area contributed by atoms with Crippen LogP contribution in [-0.4, -0.2) is 51.2 Å². The van der Waals surface area contributed by atoms with E-state index in [0.717, 1.165) is 39.3 Å². The van der Waals surface area contributed by atoms with Gasteiger partial charge < -0.3 is 19.5 Å². The summed E-state index contributed by atoms with van der Waals surface area (Å²) in [5, 5.41) is 3.36. The van der Waals surface area contributed by atoms with Crippen LogP contribution in [0.3, 0.4) is 0 Å². The lowest BCUT2D eigenvalue weighted by atomic mass is 10.1. The van der Waals surface area contributed by atoms with Crippen LogP contribution in [0.5, 0.6) is 0 Å². The number of rotatable bonds is 7. The molecule has 0 aromatic carbocycles. The third-order valence-corrected chi connectivity index (χ3v) is 2.49. The Morgan fingerprint density at radius 1 is 1.31 bits per heavy atom. The van der Waals surface area contributed by atoms with Gasteiger partial charge in [0.25, 0.3) is 0 Å². The fourth-order valence-electron chi connectivity index (χ4n) is 1.78. The highest BCUT2D eigenvalue weighted by atomic mass is 16.5. The molecule has 1 fully saturated rings. The van der Waals surface area contributed by atoms with Crippen molar-refractivity contribution in [1.29, 1.82) is 0 Å². The van der Waals surface area contributed by atoms with E-state index in [0.29, 0.717) is 6.61 Å². The molecule has 1 aliphatic heterocycles. The van der Waals surface area contributed by atoms with Gasteiger partial charge in [-0.1, -0.05) is 0 Å². The van der Waals surface area contributed by atoms with Gasteiger partial charge in [-0.05, 0) is 27.2 Å². The second kappa shape index (κ2) is 7.22. The zero-order valence-electron chi connectivity index (χ0n) is 10.8. The Hall–Kier alpha value is -0.160. The largest absolute Gasteiger partial charge is 0.382 e. The Labute approximate surface area is 98.6 Å². The summed E-state index contributed by atoms with van der Waals surface area (Å²) in [6.07, 6.45) is 1.13. The highest BCUT2D eigenvalue weighted by Gasteiger charge is 2.28. The maximum absolute atomic E-state index is 5.88. The molecule has 1 rings (SSSR count). The Morgan fingerprint density at radius 3 is 2.75 bits per heavy atom. The molecule has 1 N–H and O–H groups in total. The first-order valence-electron chi connectivity index (χ1n) is 6.18. The summed E-state index contributed by atoms with van der Waals surface area (Å²) in [6.45, 7) is 11.0. The molecule has 1 atom stereocenters. The van der Waals surface area contributed by atoms with Crippen LogP contribution in [0.2, 0.25) is 0 Å². The van der Waals surface area contributed by atoms with Crippen LogP contribution in [0.15, 0.2) is 0 Å². The Balaban J connectivity index is 2.00. The van der Waals surface area contributed by atoms with Crippen LogP contribution in [0, 0.1) is 0 Å². The van der Waals surface area contributed by atoms with E-state index in [-0.39, 0.29) is 11.7 Å². The molecular formula is C12H25NO3. The minimum Gasteiger partial charge on any atom is -0.382 e. The lowest BCUT2D eigenvalue weighted by molar-refractivity contribution is -0.120. The Morgan fingerprint density at radius 2 is 2.06 bits per heavy atom. The quantitative estimate of drug-likeness (QED) is 0.668. The van der Waals surface area contributed by atoms with Crippen molar-refractivity contribution in [2.45, 2.75) is 38.9 Å². The molecule has 0 saturated carbocycles. The van der Waals surface area contributed by atoms with Crippen molar-refractivity contribution < 1.29 is 14.2 Å². The number of ether oxygens (including phenoxy) is 3. The van der Waals surface area contributed by atoms with E-state index in [2.05, 4.69) is 19.2 Å². The van der Waals surface area contributed by atoms with E-state index >= 15 is 0 Å². The summed E-state index contributed by atoms with van der Waals surface area (Å²) in [6, 6.07) is 0. The van der Waals surface area contributed by atoms with E-state index in [1.165, 1.54) is 0 Å². The Kier molecular flexibility index (Phi) is 6.28. The van der Waals surface area contributed by atoms with Gasteiger partial charge in [0, 0.05) is 32.9 Å². The minimum absolute atomic E-state index is 0.0718. The summed E-state index contributed by atoms with van der Waals surface area (Å²) in [5.74, 6) is 0. The molecular weight excluding hydrogens is 206 g/mol. The van der Waals surface area contributed by atoms with Crippen molar-refractivity contribution in [2.75, 3.05) is 39.5 Å². The molecule has 0 amide bonds. The van der Waals surface area contributed by atoms with Crippen molar-refractivity contribution in [1.82, 2.24) is 5.32 Å². The normalized spacial score (nSPS) is 24.6. The van der Waals surface area contributed by atoms with Crippen molar-refractivity contribution in [3.05, 3.63) is 0 Å². The summed E-state index contributed by atoms with van der Waals surface area (Å²) < 4.78 is 16.7. The molecule has 0 aromatic heterocycles. The molecule has 0 spiro atoms. The predicted octanol–water partition coefficient (Wildman–Crippen LogP) is 1.20. The minimum atomic E-state index is -0.0718. The summed E-state index contributed by atoms with van der Waals surface area (Å²) >= 11 is 0. The van der Waals surface area contributed by atoms with E-state index < -0.39 is 0 Å². The van der Waals surface area contributed by atoms with Crippen molar-refractivity contribution in [2.24, 2.45) is 0 Å². The number of morpholine rings is 1. The third kappa shape index (κ3) is 5.80. The van der Waals surface area contributed by atoms with Gasteiger partial charge >= 0.3 is 0 Å². The lowest BCUT2D eigenvalue weighted by Crippen LogP contribution is -2.51. The monoisotopic (exact) mass is 231 g/mol.